The van der Waals surface area contributed by atoms with Crippen LogP contribution in [0, 0.1) is 0 Å². The van der Waals surface area contributed by atoms with Gasteiger partial charge in [-0.05, 0) is 32.4 Å². The van der Waals surface area contributed by atoms with E-state index in [4.69, 9.17) is 0 Å². The van der Waals surface area contributed by atoms with Crippen molar-refractivity contribution in [3.8, 4) is 0 Å². The van der Waals surface area contributed by atoms with Crippen LogP contribution in [-0.4, -0.2) is 26.4 Å². The van der Waals surface area contributed by atoms with Crippen molar-refractivity contribution in [3.05, 3.63) is 30.3 Å². The molecule has 2 atom stereocenters. The van der Waals surface area contributed by atoms with Gasteiger partial charge in [-0.15, -0.1) is 0 Å². The minimum absolute atomic E-state index is 0.0381. The predicted octanol–water partition coefficient (Wildman–Crippen LogP) is 1.66. The van der Waals surface area contributed by atoms with E-state index in [9.17, 15) is 13.2 Å². The largest absolute Gasteiger partial charge is 0.352 e. The average Bonchev–Trinajstić information content (AvgIpc) is 2.39. The fourth-order valence-electron chi connectivity index (χ4n) is 1.83. The first kappa shape index (κ1) is 16.7. The molecule has 112 valence electrons. The van der Waals surface area contributed by atoms with Gasteiger partial charge in [0.15, 0.2) is 0 Å². The Labute approximate surface area is 120 Å². The molecule has 0 aromatic heterocycles. The molecule has 5 nitrogen and oxygen atoms in total. The maximum atomic E-state index is 12.1. The summed E-state index contributed by atoms with van der Waals surface area (Å²) < 4.78 is 26.5. The smallest absolute Gasteiger partial charge is 0.241 e. The van der Waals surface area contributed by atoms with Gasteiger partial charge in [-0.1, -0.05) is 31.5 Å². The summed E-state index contributed by atoms with van der Waals surface area (Å²) in [6.45, 7) is 5.47. The highest BCUT2D eigenvalue weighted by atomic mass is 32.2. The second-order valence-corrected chi connectivity index (χ2v) is 6.57. The molecule has 0 heterocycles. The minimum atomic E-state index is -3.66. The second-order valence-electron chi connectivity index (χ2n) is 4.85. The number of nitrogens with one attached hydrogen (secondary N) is 2. The SMILES string of the molecule is CCC[C@@H](C)NC(=O)[C@@H](C)NS(=O)(=O)c1ccccc1. The molecule has 0 fully saturated rings. The van der Waals surface area contributed by atoms with Crippen LogP contribution in [0.5, 0.6) is 0 Å². The van der Waals surface area contributed by atoms with Crippen LogP contribution < -0.4 is 10.0 Å². The van der Waals surface area contributed by atoms with Crippen LogP contribution >= 0.6 is 0 Å². The van der Waals surface area contributed by atoms with Gasteiger partial charge in [-0.2, -0.15) is 4.72 Å². The molecule has 0 aliphatic carbocycles. The maximum Gasteiger partial charge on any atom is 0.241 e. The molecule has 20 heavy (non-hydrogen) atoms. The number of rotatable bonds is 7. The van der Waals surface area contributed by atoms with Crippen LogP contribution in [0.3, 0.4) is 0 Å². The fourth-order valence-corrected chi connectivity index (χ4v) is 3.05. The topological polar surface area (TPSA) is 75.3 Å². The van der Waals surface area contributed by atoms with E-state index in [-0.39, 0.29) is 16.8 Å². The van der Waals surface area contributed by atoms with E-state index in [1.807, 2.05) is 13.8 Å². The first-order valence-corrected chi connectivity index (χ1v) is 8.23. The van der Waals surface area contributed by atoms with Crippen molar-refractivity contribution in [1.29, 1.82) is 0 Å². The lowest BCUT2D eigenvalue weighted by Crippen LogP contribution is -2.47. The standard InChI is InChI=1S/C14H22N2O3S/c1-4-8-11(2)15-14(17)12(3)16-20(18,19)13-9-6-5-7-10-13/h5-7,9-12,16H,4,8H2,1-3H3,(H,15,17)/t11-,12-/m1/s1. The van der Waals surface area contributed by atoms with Gasteiger partial charge in [-0.25, -0.2) is 8.42 Å². The second kappa shape index (κ2) is 7.40. The lowest BCUT2D eigenvalue weighted by molar-refractivity contribution is -0.123. The van der Waals surface area contributed by atoms with Gasteiger partial charge < -0.3 is 5.32 Å². The van der Waals surface area contributed by atoms with E-state index in [1.165, 1.54) is 19.1 Å². The minimum Gasteiger partial charge on any atom is -0.352 e. The molecular weight excluding hydrogens is 276 g/mol. The van der Waals surface area contributed by atoms with Crippen molar-refractivity contribution in [1.82, 2.24) is 10.0 Å². The third kappa shape index (κ3) is 4.94. The number of hydrogen-bond acceptors (Lipinski definition) is 3. The molecule has 1 amide bonds. The first-order chi connectivity index (χ1) is 9.36. The van der Waals surface area contributed by atoms with E-state index in [0.717, 1.165) is 12.8 Å². The van der Waals surface area contributed by atoms with Gasteiger partial charge in [0, 0.05) is 6.04 Å². The molecule has 1 aromatic rings. The highest BCUT2D eigenvalue weighted by molar-refractivity contribution is 7.89. The van der Waals surface area contributed by atoms with Crippen molar-refractivity contribution < 1.29 is 13.2 Å². The Morgan fingerprint density at radius 1 is 1.20 bits per heavy atom. The molecule has 0 radical (unpaired) electrons. The molecular formula is C14H22N2O3S. The zero-order valence-corrected chi connectivity index (χ0v) is 12.9. The van der Waals surface area contributed by atoms with Crippen molar-refractivity contribution in [2.45, 2.75) is 50.6 Å². The summed E-state index contributed by atoms with van der Waals surface area (Å²) in [6, 6.07) is 7.24. The number of amides is 1. The number of benzene rings is 1. The highest BCUT2D eigenvalue weighted by Crippen LogP contribution is 2.08. The molecule has 0 spiro atoms. The molecule has 0 saturated carbocycles. The molecule has 0 aliphatic heterocycles. The van der Waals surface area contributed by atoms with Gasteiger partial charge in [0.25, 0.3) is 0 Å². The summed E-state index contributed by atoms with van der Waals surface area (Å²) in [5, 5.41) is 2.79. The van der Waals surface area contributed by atoms with E-state index in [0.29, 0.717) is 0 Å². The summed E-state index contributed by atoms with van der Waals surface area (Å²) in [7, 11) is -3.66. The van der Waals surface area contributed by atoms with Gasteiger partial charge in [-0.3, -0.25) is 4.79 Å². The lowest BCUT2D eigenvalue weighted by atomic mass is 10.2. The zero-order chi connectivity index (χ0) is 15.2. The van der Waals surface area contributed by atoms with E-state index < -0.39 is 16.1 Å². The lowest BCUT2D eigenvalue weighted by Gasteiger charge is -2.18. The summed E-state index contributed by atoms with van der Waals surface area (Å²) in [4.78, 5) is 12.1. The molecule has 0 aliphatic rings. The molecule has 2 N–H and O–H groups in total. The third-order valence-corrected chi connectivity index (χ3v) is 4.45. The van der Waals surface area contributed by atoms with Crippen molar-refractivity contribution in [2.24, 2.45) is 0 Å². The third-order valence-electron chi connectivity index (χ3n) is 2.89. The number of carbonyl (C=O) groups excluding carboxylic acids is 1. The molecule has 0 unspecified atom stereocenters. The summed E-state index contributed by atoms with van der Waals surface area (Å²) in [5.41, 5.74) is 0. The Morgan fingerprint density at radius 2 is 1.80 bits per heavy atom. The van der Waals surface area contributed by atoms with E-state index in [2.05, 4.69) is 10.0 Å². The van der Waals surface area contributed by atoms with Crippen LogP contribution in [-0.2, 0) is 14.8 Å². The molecule has 1 rings (SSSR count). The zero-order valence-electron chi connectivity index (χ0n) is 12.1. The monoisotopic (exact) mass is 298 g/mol. The Morgan fingerprint density at radius 3 is 2.35 bits per heavy atom. The summed E-state index contributed by atoms with van der Waals surface area (Å²) >= 11 is 0. The Balaban J connectivity index is 2.66. The van der Waals surface area contributed by atoms with Crippen LogP contribution in [0.1, 0.15) is 33.6 Å². The van der Waals surface area contributed by atoms with Gasteiger partial charge in [0.1, 0.15) is 0 Å². The Kier molecular flexibility index (Phi) is 6.16. The highest BCUT2D eigenvalue weighted by Gasteiger charge is 2.22. The predicted molar refractivity (Wildman–Crippen MR) is 78.7 cm³/mol. The fraction of sp³-hybridized carbons (Fsp3) is 0.500. The normalized spacial score (nSPS) is 14.6. The van der Waals surface area contributed by atoms with Crippen molar-refractivity contribution in [3.63, 3.8) is 0 Å². The summed E-state index contributed by atoms with van der Waals surface area (Å²) in [5.74, 6) is -0.314. The van der Waals surface area contributed by atoms with E-state index >= 15 is 0 Å². The average molecular weight is 298 g/mol. The molecule has 0 bridgehead atoms. The quantitative estimate of drug-likeness (QED) is 0.804. The van der Waals surface area contributed by atoms with Crippen LogP contribution in [0.4, 0.5) is 0 Å². The van der Waals surface area contributed by atoms with Crippen molar-refractivity contribution >= 4 is 15.9 Å². The van der Waals surface area contributed by atoms with Crippen molar-refractivity contribution in [2.75, 3.05) is 0 Å². The van der Waals surface area contributed by atoms with Gasteiger partial charge >= 0.3 is 0 Å². The molecule has 6 heteroatoms. The number of sulfonamides is 1. The maximum absolute atomic E-state index is 12.1. The first-order valence-electron chi connectivity index (χ1n) is 6.74. The van der Waals surface area contributed by atoms with Crippen LogP contribution in [0.2, 0.25) is 0 Å². The van der Waals surface area contributed by atoms with E-state index in [1.54, 1.807) is 18.2 Å². The summed E-state index contributed by atoms with van der Waals surface area (Å²) in [6.07, 6.45) is 1.83. The van der Waals surface area contributed by atoms with Crippen LogP contribution in [0.15, 0.2) is 35.2 Å². The number of hydrogen-bond donors (Lipinski definition) is 2. The Hall–Kier alpha value is -1.40. The number of carbonyl (C=O) groups is 1. The van der Waals surface area contributed by atoms with Gasteiger partial charge in [0.05, 0.1) is 10.9 Å². The van der Waals surface area contributed by atoms with Gasteiger partial charge in [0.2, 0.25) is 15.9 Å². The molecule has 1 aromatic carbocycles. The van der Waals surface area contributed by atoms with Crippen LogP contribution in [0.25, 0.3) is 0 Å². The molecule has 0 saturated heterocycles. The Bertz CT molecular complexity index is 529.